The summed E-state index contributed by atoms with van der Waals surface area (Å²) in [5.74, 6) is -0.836. The molecule has 0 aromatic heterocycles. The summed E-state index contributed by atoms with van der Waals surface area (Å²) in [4.78, 5) is 24.1. The van der Waals surface area contributed by atoms with Gasteiger partial charge in [0.05, 0.1) is 25.2 Å². The van der Waals surface area contributed by atoms with Crippen molar-refractivity contribution in [1.29, 1.82) is 0 Å². The van der Waals surface area contributed by atoms with Gasteiger partial charge in [-0.15, -0.1) is 0 Å². The summed E-state index contributed by atoms with van der Waals surface area (Å²) in [6.45, 7) is 1.51. The Bertz CT molecular complexity index is 838. The smallest absolute Gasteiger partial charge is 0.177 e. The summed E-state index contributed by atoms with van der Waals surface area (Å²) in [6, 6.07) is 7.34. The largest absolute Gasteiger partial charge is 0.507 e. The van der Waals surface area contributed by atoms with E-state index in [0.717, 1.165) is 11.3 Å². The highest BCUT2D eigenvalue weighted by molar-refractivity contribution is 6.07. The lowest BCUT2D eigenvalue weighted by Gasteiger charge is -2.27. The number of ketones is 1. The fraction of sp³-hybridized carbons (Fsp3) is 0.263. The first kappa shape index (κ1) is 16.8. The Morgan fingerprint density at radius 2 is 1.92 bits per heavy atom. The van der Waals surface area contributed by atoms with Crippen molar-refractivity contribution in [1.82, 2.24) is 0 Å². The van der Waals surface area contributed by atoms with Crippen LogP contribution in [0.3, 0.4) is 0 Å². The number of aldehydes is 1. The molecule has 1 aliphatic heterocycles. The number of hydrogen-bond donors (Lipinski definition) is 2. The molecule has 25 heavy (non-hydrogen) atoms. The van der Waals surface area contributed by atoms with Crippen LogP contribution in [-0.2, 0) is 6.42 Å². The second kappa shape index (κ2) is 6.47. The van der Waals surface area contributed by atoms with E-state index in [0.29, 0.717) is 12.7 Å². The van der Waals surface area contributed by atoms with Crippen LogP contribution in [0.1, 0.15) is 31.8 Å². The molecule has 0 saturated heterocycles. The van der Waals surface area contributed by atoms with Gasteiger partial charge in [0.1, 0.15) is 28.6 Å². The molecule has 2 N–H and O–H groups in total. The van der Waals surface area contributed by atoms with Gasteiger partial charge in [-0.05, 0) is 31.0 Å². The van der Waals surface area contributed by atoms with Gasteiger partial charge in [-0.1, -0.05) is 12.1 Å². The zero-order chi connectivity index (χ0) is 18.1. The van der Waals surface area contributed by atoms with Gasteiger partial charge in [0.2, 0.25) is 0 Å². The van der Waals surface area contributed by atoms with Gasteiger partial charge in [0.25, 0.3) is 0 Å². The number of methoxy groups -OCH3 is 1. The molecular weight excluding hydrogens is 324 g/mol. The van der Waals surface area contributed by atoms with Gasteiger partial charge in [-0.3, -0.25) is 9.59 Å². The molecule has 0 bridgehead atoms. The number of rotatable bonds is 4. The van der Waals surface area contributed by atoms with E-state index in [1.807, 2.05) is 24.3 Å². The third-order valence-electron chi connectivity index (χ3n) is 4.48. The van der Waals surface area contributed by atoms with Crippen LogP contribution in [0.25, 0.3) is 0 Å². The maximum absolute atomic E-state index is 12.8. The molecule has 0 aliphatic carbocycles. The standard InChI is InChI=1S/C19H18O6/c1-10-16(21)14(8-20)19-15(17(10)22)18(23)12(9-25-19)7-11-3-5-13(24-2)6-4-11/h3-6,8,12,21-22H,7,9H2,1-2H3/t12-/m1/s1. The molecule has 0 fully saturated rings. The van der Waals surface area contributed by atoms with Crippen LogP contribution in [0.15, 0.2) is 24.3 Å². The molecule has 6 nitrogen and oxygen atoms in total. The molecule has 130 valence electrons. The summed E-state index contributed by atoms with van der Waals surface area (Å²) in [6.07, 6.45) is 0.857. The predicted molar refractivity (Wildman–Crippen MR) is 89.9 cm³/mol. The minimum Gasteiger partial charge on any atom is -0.507 e. The molecule has 1 aliphatic rings. The van der Waals surface area contributed by atoms with Crippen molar-refractivity contribution in [3.8, 4) is 23.0 Å². The molecule has 2 aromatic carbocycles. The minimum atomic E-state index is -0.491. The molecule has 0 amide bonds. The van der Waals surface area contributed by atoms with E-state index in [1.54, 1.807) is 7.11 Å². The summed E-state index contributed by atoms with van der Waals surface area (Å²) in [5, 5.41) is 20.3. The molecule has 0 unspecified atom stereocenters. The number of carbonyl (C=O) groups is 2. The van der Waals surface area contributed by atoms with Crippen molar-refractivity contribution < 1.29 is 29.3 Å². The van der Waals surface area contributed by atoms with E-state index in [1.165, 1.54) is 6.92 Å². The first-order valence-electron chi connectivity index (χ1n) is 7.81. The summed E-state index contributed by atoms with van der Waals surface area (Å²) in [5.41, 5.74) is 0.864. The average molecular weight is 342 g/mol. The Balaban J connectivity index is 1.95. The number of carbonyl (C=O) groups excluding carboxylic acids is 2. The number of ether oxygens (including phenoxy) is 2. The lowest BCUT2D eigenvalue weighted by atomic mass is 9.87. The van der Waals surface area contributed by atoms with Crippen molar-refractivity contribution in [3.63, 3.8) is 0 Å². The normalized spacial score (nSPS) is 16.1. The lowest BCUT2D eigenvalue weighted by Crippen LogP contribution is -2.30. The third kappa shape index (κ3) is 2.80. The molecular formula is C19H18O6. The topological polar surface area (TPSA) is 93.1 Å². The maximum Gasteiger partial charge on any atom is 0.177 e. The number of aromatic hydroxyl groups is 2. The van der Waals surface area contributed by atoms with Crippen molar-refractivity contribution in [2.75, 3.05) is 13.7 Å². The summed E-state index contributed by atoms with van der Waals surface area (Å²) >= 11 is 0. The molecule has 3 rings (SSSR count). The number of fused-ring (bicyclic) bond motifs is 1. The molecule has 6 heteroatoms. The minimum absolute atomic E-state index is 0.0397. The van der Waals surface area contributed by atoms with E-state index in [4.69, 9.17) is 9.47 Å². The first-order chi connectivity index (χ1) is 12.0. The molecule has 0 radical (unpaired) electrons. The van der Waals surface area contributed by atoms with Gasteiger partial charge < -0.3 is 19.7 Å². The SMILES string of the molecule is COc1ccc(C[C@@H]2COc3c(C=O)c(O)c(C)c(O)c3C2=O)cc1. The second-order valence-electron chi connectivity index (χ2n) is 5.98. The molecule has 2 aromatic rings. The van der Waals surface area contributed by atoms with Crippen LogP contribution in [-0.4, -0.2) is 36.0 Å². The van der Waals surface area contributed by atoms with Gasteiger partial charge >= 0.3 is 0 Å². The fourth-order valence-electron chi connectivity index (χ4n) is 3.00. The van der Waals surface area contributed by atoms with Crippen LogP contribution >= 0.6 is 0 Å². The third-order valence-corrected chi connectivity index (χ3v) is 4.48. The van der Waals surface area contributed by atoms with Crippen LogP contribution in [0.2, 0.25) is 0 Å². The van der Waals surface area contributed by atoms with E-state index in [2.05, 4.69) is 0 Å². The monoisotopic (exact) mass is 342 g/mol. The number of Topliss-reactive ketones (excluding diaryl/α,β-unsaturated/α-hetero) is 1. The van der Waals surface area contributed by atoms with Gasteiger partial charge in [-0.2, -0.15) is 0 Å². The number of phenols is 2. The molecule has 1 heterocycles. The van der Waals surface area contributed by atoms with E-state index in [9.17, 15) is 19.8 Å². The molecule has 0 spiro atoms. The second-order valence-corrected chi connectivity index (χ2v) is 5.98. The zero-order valence-corrected chi connectivity index (χ0v) is 13.9. The maximum atomic E-state index is 12.8. The molecule has 0 saturated carbocycles. The molecule has 1 atom stereocenters. The van der Waals surface area contributed by atoms with E-state index in [-0.39, 0.29) is 46.3 Å². The summed E-state index contributed by atoms with van der Waals surface area (Å²) in [7, 11) is 1.58. The highest BCUT2D eigenvalue weighted by Crippen LogP contribution is 2.44. The zero-order valence-electron chi connectivity index (χ0n) is 13.9. The highest BCUT2D eigenvalue weighted by atomic mass is 16.5. The predicted octanol–water partition coefficient (Wildman–Crippen LogP) is 2.66. The highest BCUT2D eigenvalue weighted by Gasteiger charge is 2.35. The number of phenolic OH excluding ortho intramolecular Hbond substituents is 2. The van der Waals surface area contributed by atoms with Crippen molar-refractivity contribution in [2.45, 2.75) is 13.3 Å². The Morgan fingerprint density at radius 1 is 1.24 bits per heavy atom. The van der Waals surface area contributed by atoms with Crippen molar-refractivity contribution >= 4 is 12.1 Å². The Labute approximate surface area is 144 Å². The average Bonchev–Trinajstić information content (AvgIpc) is 2.63. The summed E-state index contributed by atoms with van der Waals surface area (Å²) < 4.78 is 10.7. The van der Waals surface area contributed by atoms with Gasteiger partial charge in [0.15, 0.2) is 12.1 Å². The van der Waals surface area contributed by atoms with Crippen LogP contribution in [0.5, 0.6) is 23.0 Å². The van der Waals surface area contributed by atoms with Crippen LogP contribution in [0.4, 0.5) is 0 Å². The van der Waals surface area contributed by atoms with Crippen molar-refractivity contribution in [2.24, 2.45) is 5.92 Å². The number of benzene rings is 2. The van der Waals surface area contributed by atoms with Gasteiger partial charge in [0, 0.05) is 5.56 Å². The Kier molecular flexibility index (Phi) is 4.35. The fourth-order valence-corrected chi connectivity index (χ4v) is 3.00. The Morgan fingerprint density at radius 3 is 2.52 bits per heavy atom. The number of hydrogen-bond acceptors (Lipinski definition) is 6. The van der Waals surface area contributed by atoms with E-state index < -0.39 is 5.92 Å². The van der Waals surface area contributed by atoms with Crippen LogP contribution < -0.4 is 9.47 Å². The first-order valence-corrected chi connectivity index (χ1v) is 7.81. The van der Waals surface area contributed by atoms with E-state index >= 15 is 0 Å². The van der Waals surface area contributed by atoms with Gasteiger partial charge in [-0.25, -0.2) is 0 Å². The van der Waals surface area contributed by atoms with Crippen LogP contribution in [0, 0.1) is 12.8 Å². The lowest BCUT2D eigenvalue weighted by molar-refractivity contribution is 0.0824. The Hall–Kier alpha value is -3.02. The van der Waals surface area contributed by atoms with Crippen molar-refractivity contribution in [3.05, 3.63) is 46.5 Å². The quantitative estimate of drug-likeness (QED) is 0.830.